The molecule has 0 unspecified atom stereocenters. The number of nitrogens with one attached hydrogen (secondary N) is 2. The number of H-pyrrole nitrogens is 1. The minimum absolute atomic E-state index is 0.252. The lowest BCUT2D eigenvalue weighted by atomic mass is 10.2. The predicted octanol–water partition coefficient (Wildman–Crippen LogP) is 3.98. The fraction of sp³-hybridized carbons (Fsp3) is 0.133. The van der Waals surface area contributed by atoms with Crippen molar-refractivity contribution in [1.29, 1.82) is 0 Å². The summed E-state index contributed by atoms with van der Waals surface area (Å²) < 4.78 is 18.8. The molecule has 0 aliphatic heterocycles. The maximum absolute atomic E-state index is 13.7. The van der Waals surface area contributed by atoms with Crippen molar-refractivity contribution in [3.8, 4) is 5.75 Å². The Morgan fingerprint density at radius 1 is 1.33 bits per heavy atom. The number of hydrogen-bond acceptors (Lipinski definition) is 3. The summed E-state index contributed by atoms with van der Waals surface area (Å²) in [4.78, 5) is 7.49. The van der Waals surface area contributed by atoms with E-state index in [9.17, 15) is 4.39 Å². The van der Waals surface area contributed by atoms with Crippen LogP contribution >= 0.6 is 11.6 Å². The van der Waals surface area contributed by atoms with E-state index in [0.29, 0.717) is 16.5 Å². The monoisotopic (exact) mass is 305 g/mol. The molecular weight excluding hydrogens is 293 g/mol. The zero-order valence-corrected chi connectivity index (χ0v) is 12.0. The average Bonchev–Trinajstić information content (AvgIpc) is 2.88. The van der Waals surface area contributed by atoms with E-state index in [0.717, 1.165) is 16.8 Å². The molecule has 4 nitrogen and oxygen atoms in total. The van der Waals surface area contributed by atoms with Crippen LogP contribution in [0.15, 0.2) is 36.4 Å². The number of imidazole rings is 1. The van der Waals surface area contributed by atoms with Gasteiger partial charge in [-0.25, -0.2) is 9.37 Å². The van der Waals surface area contributed by atoms with Crippen molar-refractivity contribution < 1.29 is 9.13 Å². The third-order valence-electron chi connectivity index (χ3n) is 3.18. The SMILES string of the molecule is COc1ccc2nc(NCc3c(F)cccc3Cl)[nH]c2c1. The van der Waals surface area contributed by atoms with Gasteiger partial charge in [-0.1, -0.05) is 17.7 Å². The number of ether oxygens (including phenoxy) is 1. The highest BCUT2D eigenvalue weighted by Gasteiger charge is 2.08. The largest absolute Gasteiger partial charge is 0.497 e. The summed E-state index contributed by atoms with van der Waals surface area (Å²) in [5.41, 5.74) is 2.06. The lowest BCUT2D eigenvalue weighted by Gasteiger charge is -2.06. The van der Waals surface area contributed by atoms with E-state index >= 15 is 0 Å². The molecule has 1 heterocycles. The van der Waals surface area contributed by atoms with Crippen LogP contribution in [0.1, 0.15) is 5.56 Å². The second-order valence-electron chi connectivity index (χ2n) is 4.52. The van der Waals surface area contributed by atoms with E-state index in [2.05, 4.69) is 15.3 Å². The van der Waals surface area contributed by atoms with E-state index in [1.54, 1.807) is 19.2 Å². The van der Waals surface area contributed by atoms with Crippen LogP contribution in [-0.2, 0) is 6.54 Å². The molecule has 1 aromatic heterocycles. The van der Waals surface area contributed by atoms with Gasteiger partial charge in [0.05, 0.1) is 18.1 Å². The first-order chi connectivity index (χ1) is 10.2. The molecule has 21 heavy (non-hydrogen) atoms. The summed E-state index contributed by atoms with van der Waals surface area (Å²) >= 11 is 5.99. The van der Waals surface area contributed by atoms with Crippen molar-refractivity contribution in [2.45, 2.75) is 6.54 Å². The molecule has 0 saturated heterocycles. The van der Waals surface area contributed by atoms with E-state index in [-0.39, 0.29) is 12.4 Å². The van der Waals surface area contributed by atoms with Gasteiger partial charge in [0.2, 0.25) is 5.95 Å². The van der Waals surface area contributed by atoms with E-state index in [1.807, 2.05) is 18.2 Å². The topological polar surface area (TPSA) is 49.9 Å². The Morgan fingerprint density at radius 3 is 2.95 bits per heavy atom. The van der Waals surface area contributed by atoms with Crippen molar-refractivity contribution in [2.24, 2.45) is 0 Å². The van der Waals surface area contributed by atoms with Gasteiger partial charge < -0.3 is 15.0 Å². The highest BCUT2D eigenvalue weighted by atomic mass is 35.5. The number of methoxy groups -OCH3 is 1. The number of anilines is 1. The van der Waals surface area contributed by atoms with Gasteiger partial charge >= 0.3 is 0 Å². The number of nitrogens with zero attached hydrogens (tertiary/aromatic N) is 1. The van der Waals surface area contributed by atoms with Gasteiger partial charge in [0.25, 0.3) is 0 Å². The Bertz CT molecular complexity index is 767. The first kappa shape index (κ1) is 13.7. The molecule has 0 radical (unpaired) electrons. The van der Waals surface area contributed by atoms with Gasteiger partial charge in [-0.05, 0) is 24.3 Å². The molecule has 0 atom stereocenters. The third-order valence-corrected chi connectivity index (χ3v) is 3.54. The first-order valence-electron chi connectivity index (χ1n) is 6.38. The molecule has 6 heteroatoms. The Hall–Kier alpha value is -2.27. The van der Waals surface area contributed by atoms with Crippen molar-refractivity contribution in [1.82, 2.24) is 9.97 Å². The summed E-state index contributed by atoms with van der Waals surface area (Å²) in [6.07, 6.45) is 0. The molecule has 0 bridgehead atoms. The summed E-state index contributed by atoms with van der Waals surface area (Å²) in [5.74, 6) is 0.959. The Kier molecular flexibility index (Phi) is 3.66. The Balaban J connectivity index is 1.82. The molecule has 3 rings (SSSR count). The highest BCUT2D eigenvalue weighted by Crippen LogP contribution is 2.22. The standard InChI is InChI=1S/C15H13ClFN3O/c1-21-9-5-6-13-14(7-9)20-15(19-13)18-8-10-11(16)3-2-4-12(10)17/h2-7H,8H2,1H3,(H2,18,19,20). The number of hydrogen-bond donors (Lipinski definition) is 2. The van der Waals surface area contributed by atoms with E-state index < -0.39 is 0 Å². The molecule has 2 N–H and O–H groups in total. The first-order valence-corrected chi connectivity index (χ1v) is 6.75. The molecule has 0 saturated carbocycles. The number of aromatic nitrogens is 2. The van der Waals surface area contributed by atoms with E-state index in [4.69, 9.17) is 16.3 Å². The zero-order chi connectivity index (χ0) is 14.8. The van der Waals surface area contributed by atoms with Crippen LogP contribution in [0.2, 0.25) is 5.02 Å². The van der Waals surface area contributed by atoms with Crippen LogP contribution in [0.25, 0.3) is 11.0 Å². The summed E-state index contributed by atoms with van der Waals surface area (Å²) in [7, 11) is 1.61. The molecular formula is C15H13ClFN3O. The number of halogens is 2. The molecule has 0 amide bonds. The predicted molar refractivity (Wildman–Crippen MR) is 81.4 cm³/mol. The van der Waals surface area contributed by atoms with Gasteiger partial charge in [-0.15, -0.1) is 0 Å². The lowest BCUT2D eigenvalue weighted by molar-refractivity contribution is 0.415. The maximum atomic E-state index is 13.7. The summed E-state index contributed by atoms with van der Waals surface area (Å²) in [6.45, 7) is 0.252. The van der Waals surface area contributed by atoms with Crippen LogP contribution in [0.5, 0.6) is 5.75 Å². The van der Waals surface area contributed by atoms with Crippen LogP contribution in [0.3, 0.4) is 0 Å². The van der Waals surface area contributed by atoms with Crippen LogP contribution < -0.4 is 10.1 Å². The van der Waals surface area contributed by atoms with Crippen molar-refractivity contribution in [3.05, 3.63) is 52.8 Å². The lowest BCUT2D eigenvalue weighted by Crippen LogP contribution is -2.03. The smallest absolute Gasteiger partial charge is 0.201 e. The number of rotatable bonds is 4. The van der Waals surface area contributed by atoms with Crippen LogP contribution in [0, 0.1) is 5.82 Å². The number of benzene rings is 2. The summed E-state index contributed by atoms with van der Waals surface area (Å²) in [6, 6.07) is 10.2. The highest BCUT2D eigenvalue weighted by molar-refractivity contribution is 6.31. The fourth-order valence-corrected chi connectivity index (χ4v) is 2.30. The minimum atomic E-state index is -0.340. The van der Waals surface area contributed by atoms with Crippen molar-refractivity contribution >= 4 is 28.6 Å². The minimum Gasteiger partial charge on any atom is -0.497 e. The molecule has 3 aromatic rings. The second-order valence-corrected chi connectivity index (χ2v) is 4.93. The second kappa shape index (κ2) is 5.61. The van der Waals surface area contributed by atoms with Gasteiger partial charge in [-0.2, -0.15) is 0 Å². The zero-order valence-electron chi connectivity index (χ0n) is 11.3. The van der Waals surface area contributed by atoms with Gasteiger partial charge in [0, 0.05) is 23.2 Å². The quantitative estimate of drug-likeness (QED) is 0.766. The van der Waals surface area contributed by atoms with E-state index in [1.165, 1.54) is 6.07 Å². The number of fused-ring (bicyclic) bond motifs is 1. The summed E-state index contributed by atoms with van der Waals surface area (Å²) in [5, 5.41) is 3.43. The Morgan fingerprint density at radius 2 is 2.19 bits per heavy atom. The van der Waals surface area contributed by atoms with Crippen molar-refractivity contribution in [2.75, 3.05) is 12.4 Å². The molecule has 0 aliphatic rings. The van der Waals surface area contributed by atoms with Gasteiger partial charge in [0.1, 0.15) is 11.6 Å². The number of aromatic amines is 1. The van der Waals surface area contributed by atoms with Crippen LogP contribution in [-0.4, -0.2) is 17.1 Å². The molecule has 108 valence electrons. The van der Waals surface area contributed by atoms with Crippen LogP contribution in [0.4, 0.5) is 10.3 Å². The normalized spacial score (nSPS) is 10.8. The molecule has 2 aromatic carbocycles. The Labute approximate surface area is 125 Å². The fourth-order valence-electron chi connectivity index (χ4n) is 2.07. The molecule has 0 fully saturated rings. The van der Waals surface area contributed by atoms with Gasteiger partial charge in [0.15, 0.2) is 0 Å². The average molecular weight is 306 g/mol. The van der Waals surface area contributed by atoms with Crippen molar-refractivity contribution in [3.63, 3.8) is 0 Å². The molecule has 0 aliphatic carbocycles. The van der Waals surface area contributed by atoms with Gasteiger partial charge in [-0.3, -0.25) is 0 Å². The maximum Gasteiger partial charge on any atom is 0.201 e. The third kappa shape index (κ3) is 2.78. The molecule has 0 spiro atoms.